The van der Waals surface area contributed by atoms with Crippen molar-refractivity contribution in [3.8, 4) is 0 Å². The smallest absolute Gasteiger partial charge is 0.140 e. The van der Waals surface area contributed by atoms with E-state index < -0.39 is 0 Å². The van der Waals surface area contributed by atoms with E-state index in [1.165, 1.54) is 6.92 Å². The van der Waals surface area contributed by atoms with E-state index in [1.807, 2.05) is 0 Å². The van der Waals surface area contributed by atoms with E-state index in [0.29, 0.717) is 0 Å². The van der Waals surface area contributed by atoms with Gasteiger partial charge in [0.25, 0.3) is 0 Å². The normalized spacial score (nSPS) is 7.25. The van der Waals surface area contributed by atoms with Crippen LogP contribution in [-0.2, 0) is 27.0 Å². The minimum absolute atomic E-state index is 0. The van der Waals surface area contributed by atoms with Crippen LogP contribution in [0.25, 0.3) is 0 Å². The van der Waals surface area contributed by atoms with E-state index in [0.717, 1.165) is 0 Å². The van der Waals surface area contributed by atoms with Gasteiger partial charge < -0.3 is 0 Å². The molecule has 0 spiro atoms. The van der Waals surface area contributed by atoms with Crippen molar-refractivity contribution in [3.63, 3.8) is 0 Å². The topological polar surface area (TPSA) is 34.1 Å². The molecule has 0 aliphatic carbocycles. The summed E-state index contributed by atoms with van der Waals surface area (Å²) in [7, 11) is 0. The summed E-state index contributed by atoms with van der Waals surface area (Å²) >= 11 is 0. The molecule has 3 heteroatoms. The van der Waals surface area contributed by atoms with Gasteiger partial charge in [-0.25, -0.2) is 0 Å². The first kappa shape index (κ1) is 10.8. The molecule has 0 atom stereocenters. The van der Waals surface area contributed by atoms with Crippen LogP contribution in [0.3, 0.4) is 0 Å². The molecule has 0 unspecified atom stereocenters. The van der Waals surface area contributed by atoms with Crippen LogP contribution >= 0.6 is 0 Å². The van der Waals surface area contributed by atoms with E-state index in [-0.39, 0.29) is 35.3 Å². The zero-order valence-electron chi connectivity index (χ0n) is 4.64. The third-order valence-corrected chi connectivity index (χ3v) is 0.446. The predicted molar refractivity (Wildman–Crippen MR) is 25.7 cm³/mol. The van der Waals surface area contributed by atoms with Gasteiger partial charge in [0.2, 0.25) is 0 Å². The quantitative estimate of drug-likeness (QED) is 0.534. The molecule has 0 N–H and O–H groups in total. The monoisotopic (exact) mass is 151 g/mol. The van der Waals surface area contributed by atoms with Crippen LogP contribution in [0.1, 0.15) is 13.3 Å². The Balaban J connectivity index is 0. The number of Topliss-reactive ketones (excluding diaryl/α,β-unsaturated/α-hetero) is 2. The zero-order chi connectivity index (χ0) is 5.86. The standard InChI is InChI=1S/C5H7O2.Cr/c1-4(6)3-5(2)7;/h1,3H2,2H3;. The molecule has 0 aromatic rings. The van der Waals surface area contributed by atoms with Crippen molar-refractivity contribution in [2.45, 2.75) is 13.3 Å². The van der Waals surface area contributed by atoms with Crippen molar-refractivity contribution in [2.24, 2.45) is 0 Å². The molecule has 0 saturated carbocycles. The number of carbonyl (C=O) groups excluding carboxylic acids is 2. The third kappa shape index (κ3) is 9.30. The second-order valence-electron chi connectivity index (χ2n) is 1.42. The van der Waals surface area contributed by atoms with Crippen LogP contribution in [0.4, 0.5) is 0 Å². The van der Waals surface area contributed by atoms with Gasteiger partial charge in [-0.2, -0.15) is 0 Å². The van der Waals surface area contributed by atoms with Crippen molar-refractivity contribution in [1.82, 2.24) is 0 Å². The molecule has 2 nitrogen and oxygen atoms in total. The summed E-state index contributed by atoms with van der Waals surface area (Å²) in [6.07, 6.45) is -0.0278. The van der Waals surface area contributed by atoms with Gasteiger partial charge in [0, 0.05) is 24.3 Å². The molecule has 0 amide bonds. The Morgan fingerprint density at radius 3 is 1.88 bits per heavy atom. The summed E-state index contributed by atoms with van der Waals surface area (Å²) in [6.45, 7) is 4.38. The zero-order valence-corrected chi connectivity index (χ0v) is 5.91. The van der Waals surface area contributed by atoms with E-state index in [2.05, 4.69) is 6.92 Å². The summed E-state index contributed by atoms with van der Waals surface area (Å²) in [5, 5.41) is 0. The number of hydrogen-bond donors (Lipinski definition) is 0. The number of hydrogen-bond acceptors (Lipinski definition) is 2. The molecular formula is C5H7CrO2. The Hall–Kier alpha value is -0.128. The molecule has 0 heterocycles. The van der Waals surface area contributed by atoms with Gasteiger partial charge >= 0.3 is 0 Å². The van der Waals surface area contributed by atoms with Gasteiger partial charge in [0.05, 0.1) is 6.42 Å². The Labute approximate surface area is 59.4 Å². The predicted octanol–water partition coefficient (Wildman–Crippen LogP) is 0.366. The molecule has 0 aromatic heterocycles. The van der Waals surface area contributed by atoms with E-state index >= 15 is 0 Å². The van der Waals surface area contributed by atoms with Gasteiger partial charge in [-0.05, 0) is 6.92 Å². The second-order valence-corrected chi connectivity index (χ2v) is 1.42. The van der Waals surface area contributed by atoms with Crippen LogP contribution in [0, 0.1) is 6.92 Å². The summed E-state index contributed by atoms with van der Waals surface area (Å²) in [4.78, 5) is 19.9. The molecule has 0 rings (SSSR count). The summed E-state index contributed by atoms with van der Waals surface area (Å²) < 4.78 is 0. The third-order valence-electron chi connectivity index (χ3n) is 0.446. The van der Waals surface area contributed by atoms with Gasteiger partial charge in [0.1, 0.15) is 11.6 Å². The fourth-order valence-electron chi connectivity index (χ4n) is 0.278. The Morgan fingerprint density at radius 1 is 1.50 bits per heavy atom. The van der Waals surface area contributed by atoms with Crippen LogP contribution in [0.2, 0.25) is 0 Å². The van der Waals surface area contributed by atoms with Gasteiger partial charge in [-0.15, -0.1) is 0 Å². The van der Waals surface area contributed by atoms with E-state index in [9.17, 15) is 9.59 Å². The molecule has 8 heavy (non-hydrogen) atoms. The fraction of sp³-hybridized carbons (Fsp3) is 0.400. The molecule has 0 fully saturated rings. The average molecular weight is 151 g/mol. The van der Waals surface area contributed by atoms with Gasteiger partial charge in [-0.1, -0.05) is 0 Å². The first-order valence-corrected chi connectivity index (χ1v) is 1.97. The van der Waals surface area contributed by atoms with E-state index in [4.69, 9.17) is 0 Å². The maximum atomic E-state index is 9.99. The Morgan fingerprint density at radius 2 is 1.88 bits per heavy atom. The first-order valence-electron chi connectivity index (χ1n) is 1.97. The van der Waals surface area contributed by atoms with E-state index in [1.54, 1.807) is 0 Å². The Kier molecular flexibility index (Phi) is 6.76. The molecule has 1 radical (unpaired) electrons. The molecule has 0 saturated heterocycles. The van der Waals surface area contributed by atoms with Crippen molar-refractivity contribution < 1.29 is 27.0 Å². The number of carbonyl (C=O) groups is 2. The van der Waals surface area contributed by atoms with Crippen LogP contribution in [0.5, 0.6) is 0 Å². The Bertz CT molecular complexity index is 86.6. The number of ketones is 2. The molecular weight excluding hydrogens is 144 g/mol. The summed E-state index contributed by atoms with van der Waals surface area (Å²) in [5.74, 6) is -0.437. The molecule has 0 aromatic carbocycles. The van der Waals surface area contributed by atoms with Crippen molar-refractivity contribution in [3.05, 3.63) is 6.92 Å². The first-order chi connectivity index (χ1) is 3.13. The van der Waals surface area contributed by atoms with Crippen LogP contribution in [-0.4, -0.2) is 11.6 Å². The van der Waals surface area contributed by atoms with Crippen molar-refractivity contribution >= 4 is 11.6 Å². The van der Waals surface area contributed by atoms with Gasteiger partial charge in [0.15, 0.2) is 0 Å². The average Bonchev–Trinajstić information content (AvgIpc) is 1.27. The molecule has 45 valence electrons. The molecule has 0 bridgehead atoms. The summed E-state index contributed by atoms with van der Waals surface area (Å²) in [6, 6.07) is 0. The van der Waals surface area contributed by atoms with Crippen LogP contribution in [0.15, 0.2) is 0 Å². The van der Waals surface area contributed by atoms with Crippen molar-refractivity contribution in [2.75, 3.05) is 0 Å². The minimum atomic E-state index is -0.312. The van der Waals surface area contributed by atoms with Crippen LogP contribution < -0.4 is 0 Å². The SMILES string of the molecule is [CH2]C(=O)CC(C)=O.[Cr]. The second kappa shape index (κ2) is 5.02. The molecule has 0 aliphatic heterocycles. The molecule has 0 aliphatic rings. The summed E-state index contributed by atoms with van der Waals surface area (Å²) in [5.41, 5.74) is 0. The number of rotatable bonds is 2. The fourth-order valence-corrected chi connectivity index (χ4v) is 0.278. The van der Waals surface area contributed by atoms with Crippen molar-refractivity contribution in [1.29, 1.82) is 0 Å². The minimum Gasteiger partial charge on any atom is -0.300 e. The maximum Gasteiger partial charge on any atom is 0.140 e. The van der Waals surface area contributed by atoms with Gasteiger partial charge in [-0.3, -0.25) is 9.59 Å². The maximum absolute atomic E-state index is 9.99. The largest absolute Gasteiger partial charge is 0.300 e.